The molecule has 1 aromatic rings. The molecular formula is C10H10NO2W-. The van der Waals surface area contributed by atoms with Crippen LogP contribution in [0.5, 0.6) is 0 Å². The Morgan fingerprint density at radius 3 is 2.64 bits per heavy atom. The first kappa shape index (κ1) is 11.3. The topological polar surface area (TPSA) is 29.5 Å². The van der Waals surface area contributed by atoms with Crippen molar-refractivity contribution in [2.75, 3.05) is 11.4 Å². The molecule has 0 bridgehead atoms. The third-order valence-electron chi connectivity index (χ3n) is 1.97. The molecule has 1 atom stereocenters. The van der Waals surface area contributed by atoms with Crippen molar-refractivity contribution in [1.82, 2.24) is 0 Å². The van der Waals surface area contributed by atoms with Crippen molar-refractivity contribution in [3.05, 3.63) is 30.3 Å². The maximum atomic E-state index is 11.3. The molecule has 2 rings (SSSR count). The zero-order valence-corrected chi connectivity index (χ0v) is 10.7. The van der Waals surface area contributed by atoms with Crippen molar-refractivity contribution < 1.29 is 30.6 Å². The normalized spacial score (nSPS) is 20.2. The summed E-state index contributed by atoms with van der Waals surface area (Å²) < 4.78 is 5.00. The largest absolute Gasteiger partial charge is 0.444 e. The van der Waals surface area contributed by atoms with Crippen molar-refractivity contribution in [3.8, 4) is 0 Å². The summed E-state index contributed by atoms with van der Waals surface area (Å²) in [6, 6.07) is 10.2. The Morgan fingerprint density at radius 2 is 2.14 bits per heavy atom. The van der Waals surface area contributed by atoms with Gasteiger partial charge in [0.2, 0.25) is 0 Å². The maximum Gasteiger partial charge on any atom is 0.412 e. The van der Waals surface area contributed by atoms with E-state index in [1.165, 1.54) is 0 Å². The minimum Gasteiger partial charge on any atom is -0.444 e. The zero-order chi connectivity index (χ0) is 9.26. The number of amides is 1. The van der Waals surface area contributed by atoms with Gasteiger partial charge in [0.05, 0.1) is 6.54 Å². The van der Waals surface area contributed by atoms with E-state index in [0.717, 1.165) is 5.69 Å². The quantitative estimate of drug-likeness (QED) is 0.716. The van der Waals surface area contributed by atoms with Crippen molar-refractivity contribution in [3.63, 3.8) is 0 Å². The van der Waals surface area contributed by atoms with Crippen molar-refractivity contribution in [2.45, 2.75) is 13.0 Å². The van der Waals surface area contributed by atoms with Crippen molar-refractivity contribution in [1.29, 1.82) is 0 Å². The fourth-order valence-electron chi connectivity index (χ4n) is 1.37. The number of hydrogen-bond donors (Lipinski definition) is 0. The fraction of sp³-hybridized carbons (Fsp3) is 0.300. The van der Waals surface area contributed by atoms with Crippen molar-refractivity contribution in [2.24, 2.45) is 0 Å². The molecule has 0 aliphatic carbocycles. The Balaban J connectivity index is 0.000000980. The number of rotatable bonds is 1. The van der Waals surface area contributed by atoms with Crippen molar-refractivity contribution >= 4 is 11.8 Å². The Labute approximate surface area is 97.3 Å². The molecule has 14 heavy (non-hydrogen) atoms. The van der Waals surface area contributed by atoms with Gasteiger partial charge in [-0.15, -0.1) is 12.1 Å². The van der Waals surface area contributed by atoms with Gasteiger partial charge in [0.25, 0.3) is 0 Å². The molecule has 74 valence electrons. The van der Waals surface area contributed by atoms with E-state index < -0.39 is 0 Å². The number of benzene rings is 1. The number of hydrogen-bond acceptors (Lipinski definition) is 2. The predicted molar refractivity (Wildman–Crippen MR) is 48.6 cm³/mol. The van der Waals surface area contributed by atoms with Gasteiger partial charge in [-0.25, -0.2) is 4.79 Å². The summed E-state index contributed by atoms with van der Waals surface area (Å²) in [6.45, 7) is 2.51. The second kappa shape index (κ2) is 4.61. The molecule has 1 amide bonds. The fourth-order valence-corrected chi connectivity index (χ4v) is 1.37. The van der Waals surface area contributed by atoms with E-state index in [2.05, 4.69) is 6.07 Å². The van der Waals surface area contributed by atoms with E-state index in [1.807, 2.05) is 19.1 Å². The standard InChI is InChI=1S/C10H10NO2.W/c1-8-7-11(10(12)13-8)9-5-3-2-4-6-9;/h3-6,8H,7H2,1H3;/q-1;/t8-;/m0./s1. The van der Waals surface area contributed by atoms with E-state index in [9.17, 15) is 4.79 Å². The first-order valence-electron chi connectivity index (χ1n) is 4.21. The third kappa shape index (κ3) is 2.16. The van der Waals surface area contributed by atoms with E-state index in [1.54, 1.807) is 17.0 Å². The number of cyclic esters (lactones) is 1. The molecule has 1 fully saturated rings. The Bertz CT molecular complexity index is 315. The van der Waals surface area contributed by atoms with Gasteiger partial charge in [0.15, 0.2) is 0 Å². The van der Waals surface area contributed by atoms with Crippen LogP contribution in [0, 0.1) is 6.07 Å². The van der Waals surface area contributed by atoms with Gasteiger partial charge in [-0.2, -0.15) is 18.2 Å². The molecular weight excluding hydrogens is 350 g/mol. The van der Waals surface area contributed by atoms with Gasteiger partial charge in [-0.05, 0) is 6.92 Å². The Morgan fingerprint density at radius 1 is 1.50 bits per heavy atom. The minimum absolute atomic E-state index is 0. The van der Waals surface area contributed by atoms with Crippen LogP contribution in [0.15, 0.2) is 24.3 Å². The Hall–Kier alpha value is -0.822. The van der Waals surface area contributed by atoms with Gasteiger partial charge in [0, 0.05) is 21.1 Å². The van der Waals surface area contributed by atoms with Gasteiger partial charge in [-0.3, -0.25) is 4.90 Å². The van der Waals surface area contributed by atoms with Crippen LogP contribution < -0.4 is 4.90 Å². The molecule has 0 spiro atoms. The molecule has 0 unspecified atom stereocenters. The van der Waals surface area contributed by atoms with Gasteiger partial charge in [0.1, 0.15) is 6.10 Å². The first-order valence-corrected chi connectivity index (χ1v) is 4.21. The van der Waals surface area contributed by atoms with Crippen LogP contribution in [0.25, 0.3) is 0 Å². The maximum absolute atomic E-state index is 11.3. The molecule has 1 heterocycles. The number of ether oxygens (including phenoxy) is 1. The number of nitrogens with zero attached hydrogens (tertiary/aromatic N) is 1. The number of carbonyl (C=O) groups excluding carboxylic acids is 1. The Kier molecular flexibility index (Phi) is 3.70. The van der Waals surface area contributed by atoms with Crippen LogP contribution >= 0.6 is 0 Å². The summed E-state index contributed by atoms with van der Waals surface area (Å²) in [5.74, 6) is 0. The molecule has 0 saturated carbocycles. The predicted octanol–water partition coefficient (Wildman–Crippen LogP) is 1.83. The molecule has 0 N–H and O–H groups in total. The first-order chi connectivity index (χ1) is 6.27. The summed E-state index contributed by atoms with van der Waals surface area (Å²) in [5.41, 5.74) is 0.869. The second-order valence-corrected chi connectivity index (χ2v) is 3.06. The molecule has 1 aromatic carbocycles. The van der Waals surface area contributed by atoms with Crippen LogP contribution in [0.3, 0.4) is 0 Å². The zero-order valence-electron chi connectivity index (χ0n) is 7.77. The number of carbonyl (C=O) groups is 1. The van der Waals surface area contributed by atoms with Gasteiger partial charge >= 0.3 is 6.09 Å². The van der Waals surface area contributed by atoms with Gasteiger partial charge in [-0.1, -0.05) is 5.69 Å². The van der Waals surface area contributed by atoms with E-state index in [-0.39, 0.29) is 33.3 Å². The monoisotopic (exact) mass is 360 g/mol. The molecule has 1 saturated heterocycles. The van der Waals surface area contributed by atoms with Gasteiger partial charge < -0.3 is 4.74 Å². The molecule has 3 nitrogen and oxygen atoms in total. The molecule has 0 aromatic heterocycles. The summed E-state index contributed by atoms with van der Waals surface area (Å²) in [7, 11) is 0. The van der Waals surface area contributed by atoms with Crippen LogP contribution in [0.4, 0.5) is 10.5 Å². The third-order valence-corrected chi connectivity index (χ3v) is 1.97. The van der Waals surface area contributed by atoms with E-state index in [0.29, 0.717) is 6.54 Å². The summed E-state index contributed by atoms with van der Waals surface area (Å²) >= 11 is 0. The van der Waals surface area contributed by atoms with Crippen LogP contribution in [-0.2, 0) is 25.8 Å². The van der Waals surface area contributed by atoms with Crippen LogP contribution in [0.2, 0.25) is 0 Å². The molecule has 1 aliphatic rings. The van der Waals surface area contributed by atoms with E-state index >= 15 is 0 Å². The summed E-state index contributed by atoms with van der Waals surface area (Å²) in [4.78, 5) is 12.9. The smallest absolute Gasteiger partial charge is 0.412 e. The average molecular weight is 360 g/mol. The summed E-state index contributed by atoms with van der Waals surface area (Å²) in [5, 5.41) is 0. The number of anilines is 1. The second-order valence-electron chi connectivity index (χ2n) is 3.06. The molecule has 0 radical (unpaired) electrons. The average Bonchev–Trinajstić information content (AvgIpc) is 2.47. The minimum atomic E-state index is -0.265. The SMILES string of the molecule is C[C@H]1CN(c2cc[c-]cc2)C(=O)O1.[W]. The molecule has 1 aliphatic heterocycles. The summed E-state index contributed by atoms with van der Waals surface area (Å²) in [6.07, 6.45) is -0.282. The van der Waals surface area contributed by atoms with E-state index in [4.69, 9.17) is 4.74 Å². The molecule has 4 heteroatoms. The van der Waals surface area contributed by atoms with Crippen LogP contribution in [0.1, 0.15) is 6.92 Å². The van der Waals surface area contributed by atoms with Crippen LogP contribution in [-0.4, -0.2) is 18.7 Å².